The van der Waals surface area contributed by atoms with E-state index in [1.54, 1.807) is 21.2 Å². The van der Waals surface area contributed by atoms with Gasteiger partial charge in [-0.15, -0.1) is 11.3 Å². The largest absolute Gasteiger partial charge is 0.324 e. The van der Waals surface area contributed by atoms with Crippen LogP contribution >= 0.6 is 27.3 Å². The molecule has 3 heterocycles. The zero-order valence-corrected chi connectivity index (χ0v) is 30.6. The number of carbonyl (C=O) groups is 4. The Labute approximate surface area is 318 Å². The summed E-state index contributed by atoms with van der Waals surface area (Å²) in [6, 6.07) is 38.0. The maximum absolute atomic E-state index is 13.9. The maximum atomic E-state index is 13.9. The minimum Gasteiger partial charge on any atom is -0.324 e. The predicted molar refractivity (Wildman–Crippen MR) is 208 cm³/mol. The molecule has 0 bridgehead atoms. The third-order valence-electron chi connectivity index (χ3n) is 9.58. The number of hydrogen-bond donors (Lipinski definition) is 2. The lowest BCUT2D eigenvalue weighted by Crippen LogP contribution is -2.45. The topological polar surface area (TPSA) is 112 Å². The minimum atomic E-state index is -0.837. The Bertz CT molecular complexity index is 2370. The second-order valence-electron chi connectivity index (χ2n) is 12.9. The number of rotatable bonds is 10. The van der Waals surface area contributed by atoms with Crippen molar-refractivity contribution in [2.75, 3.05) is 10.6 Å². The molecule has 8 rings (SSSR count). The number of nitrogens with zero attached hydrogens (tertiary/aromatic N) is 3. The molecule has 9 nitrogen and oxygen atoms in total. The summed E-state index contributed by atoms with van der Waals surface area (Å²) in [5.74, 6) is -1.01. The van der Waals surface area contributed by atoms with Gasteiger partial charge in [0.05, 0.1) is 0 Å². The lowest BCUT2D eigenvalue weighted by atomic mass is 9.96. The smallest absolute Gasteiger partial charge is 0.255 e. The molecule has 11 heteroatoms. The number of nitrogens with one attached hydrogen (secondary N) is 2. The van der Waals surface area contributed by atoms with Crippen molar-refractivity contribution in [2.45, 2.75) is 31.6 Å². The zero-order valence-electron chi connectivity index (χ0n) is 28.2. The molecule has 0 saturated carbocycles. The molecule has 0 saturated heterocycles. The zero-order chi connectivity index (χ0) is 36.5. The van der Waals surface area contributed by atoms with Crippen LogP contribution in [0.5, 0.6) is 0 Å². The van der Waals surface area contributed by atoms with Crippen molar-refractivity contribution in [3.63, 3.8) is 0 Å². The van der Waals surface area contributed by atoms with E-state index >= 15 is 0 Å². The van der Waals surface area contributed by atoms with E-state index in [-0.39, 0.29) is 36.6 Å². The quantitative estimate of drug-likeness (QED) is 0.146. The van der Waals surface area contributed by atoms with Crippen LogP contribution < -0.4 is 10.6 Å². The second-order valence-corrected chi connectivity index (χ2v) is 14.6. The van der Waals surface area contributed by atoms with Crippen molar-refractivity contribution in [1.82, 2.24) is 14.8 Å². The van der Waals surface area contributed by atoms with Crippen molar-refractivity contribution in [3.8, 4) is 11.1 Å². The highest BCUT2D eigenvalue weighted by Crippen LogP contribution is 2.35. The van der Waals surface area contributed by atoms with Crippen LogP contribution in [0.25, 0.3) is 11.1 Å². The molecule has 262 valence electrons. The standard InChI is InChI=1S/C42H32BrN5O4S/c43-36-25-53-42(45-36)46-38(49)35(47-23-30-13-7-8-17-33(30)40(47)51)21-26-10-9-14-28(20-26)29-18-19-34-31(22-29)24-48(41(34)52)37(27-11-3-1-4-12-27)39(50)44-32-15-5-2-6-16-32/h1-20,22,25,35,37H,21,23-24H2,(H,44,50)(H,45,46,49)/t35-,37-/m1/s1. The van der Waals surface area contributed by atoms with Gasteiger partial charge in [-0.05, 0) is 79.6 Å². The molecule has 0 spiro atoms. The van der Waals surface area contributed by atoms with Crippen molar-refractivity contribution in [2.24, 2.45) is 0 Å². The summed E-state index contributed by atoms with van der Waals surface area (Å²) in [5, 5.41) is 8.13. The van der Waals surface area contributed by atoms with Gasteiger partial charge in [0.2, 0.25) is 5.91 Å². The highest BCUT2D eigenvalue weighted by atomic mass is 79.9. The summed E-state index contributed by atoms with van der Waals surface area (Å²) in [6.45, 7) is 0.591. The lowest BCUT2D eigenvalue weighted by molar-refractivity contribution is -0.121. The van der Waals surface area contributed by atoms with Crippen molar-refractivity contribution in [3.05, 3.63) is 171 Å². The van der Waals surface area contributed by atoms with E-state index < -0.39 is 12.1 Å². The van der Waals surface area contributed by atoms with Crippen molar-refractivity contribution in [1.29, 1.82) is 0 Å². The van der Waals surface area contributed by atoms with E-state index in [0.29, 0.717) is 33.1 Å². The van der Waals surface area contributed by atoms with Crippen LogP contribution in [0.15, 0.2) is 137 Å². The molecule has 5 aromatic carbocycles. The van der Waals surface area contributed by atoms with Gasteiger partial charge >= 0.3 is 0 Å². The average molecular weight is 783 g/mol. The first-order chi connectivity index (χ1) is 25.8. The van der Waals surface area contributed by atoms with Gasteiger partial charge in [-0.2, -0.15) is 0 Å². The number of thiazole rings is 1. The van der Waals surface area contributed by atoms with Gasteiger partial charge in [-0.25, -0.2) is 4.98 Å². The van der Waals surface area contributed by atoms with Crippen LogP contribution in [-0.2, 0) is 29.1 Å². The predicted octanol–water partition coefficient (Wildman–Crippen LogP) is 8.11. The lowest BCUT2D eigenvalue weighted by Gasteiger charge is -2.27. The van der Waals surface area contributed by atoms with Gasteiger partial charge in [0.25, 0.3) is 17.7 Å². The SMILES string of the molecule is O=C(Nc1nc(Br)cs1)[C@@H](Cc1cccc(-c2ccc3c(c2)CN([C@@H](C(=O)Nc2ccccc2)c2ccccc2)C3=O)c1)N1Cc2ccccc2C1=O. The van der Waals surface area contributed by atoms with E-state index in [2.05, 4.69) is 31.5 Å². The Balaban J connectivity index is 1.06. The van der Waals surface area contributed by atoms with Crippen LogP contribution in [-0.4, -0.2) is 44.5 Å². The molecule has 0 radical (unpaired) electrons. The fourth-order valence-corrected chi connectivity index (χ4v) is 8.19. The first kappa shape index (κ1) is 34.2. The molecule has 6 aromatic rings. The molecule has 2 aliphatic rings. The first-order valence-corrected chi connectivity index (χ1v) is 18.7. The Morgan fingerprint density at radius 3 is 2.13 bits per heavy atom. The number of fused-ring (bicyclic) bond motifs is 2. The van der Waals surface area contributed by atoms with E-state index in [1.165, 1.54) is 11.3 Å². The molecule has 0 aliphatic carbocycles. The van der Waals surface area contributed by atoms with Gasteiger partial charge < -0.3 is 20.4 Å². The number of aromatic nitrogens is 1. The summed E-state index contributed by atoms with van der Waals surface area (Å²) in [5.41, 5.74) is 6.89. The normalized spacial score (nSPS) is 14.4. The molecule has 2 atom stereocenters. The Kier molecular flexibility index (Phi) is 9.42. The van der Waals surface area contributed by atoms with Gasteiger partial charge in [-0.1, -0.05) is 97.1 Å². The van der Waals surface area contributed by atoms with Crippen LogP contribution in [0.4, 0.5) is 10.8 Å². The number of benzene rings is 5. The fraction of sp³-hybridized carbons (Fsp3) is 0.119. The number of para-hydroxylation sites is 1. The molecule has 4 amide bonds. The maximum Gasteiger partial charge on any atom is 0.255 e. The first-order valence-electron chi connectivity index (χ1n) is 17.1. The molecule has 2 aliphatic heterocycles. The Morgan fingerprint density at radius 2 is 1.38 bits per heavy atom. The number of anilines is 2. The fourth-order valence-electron chi connectivity index (χ4n) is 7.05. The molecule has 1 aromatic heterocycles. The number of amides is 4. The summed E-state index contributed by atoms with van der Waals surface area (Å²) >= 11 is 4.64. The van der Waals surface area contributed by atoms with Gasteiger partial charge in [0, 0.05) is 41.7 Å². The minimum absolute atomic E-state index is 0.184. The number of halogens is 1. The Morgan fingerprint density at radius 1 is 0.698 bits per heavy atom. The molecular formula is C42H32BrN5O4S. The average Bonchev–Trinajstić information content (AvgIpc) is 3.85. The van der Waals surface area contributed by atoms with E-state index in [4.69, 9.17) is 0 Å². The van der Waals surface area contributed by atoms with Gasteiger partial charge in [0.15, 0.2) is 5.13 Å². The van der Waals surface area contributed by atoms with Crippen LogP contribution in [0, 0.1) is 0 Å². The Hall–Kier alpha value is -5.91. The number of hydrogen-bond acceptors (Lipinski definition) is 6. The van der Waals surface area contributed by atoms with E-state index in [1.807, 2.05) is 121 Å². The molecule has 0 unspecified atom stereocenters. The highest BCUT2D eigenvalue weighted by Gasteiger charge is 2.39. The van der Waals surface area contributed by atoms with Crippen LogP contribution in [0.3, 0.4) is 0 Å². The van der Waals surface area contributed by atoms with Gasteiger partial charge in [-0.3, -0.25) is 19.2 Å². The summed E-state index contributed by atoms with van der Waals surface area (Å²) in [6.07, 6.45) is 0.276. The highest BCUT2D eigenvalue weighted by molar-refractivity contribution is 9.10. The molecular weight excluding hydrogens is 750 g/mol. The summed E-state index contributed by atoms with van der Waals surface area (Å²) in [7, 11) is 0. The molecule has 53 heavy (non-hydrogen) atoms. The van der Waals surface area contributed by atoms with Crippen molar-refractivity contribution < 1.29 is 19.2 Å². The van der Waals surface area contributed by atoms with Crippen LogP contribution in [0.2, 0.25) is 0 Å². The van der Waals surface area contributed by atoms with E-state index in [0.717, 1.165) is 33.4 Å². The van der Waals surface area contributed by atoms with Crippen molar-refractivity contribution >= 4 is 61.7 Å². The second kappa shape index (κ2) is 14.6. The monoisotopic (exact) mass is 781 g/mol. The number of carbonyl (C=O) groups excluding carboxylic acids is 4. The van der Waals surface area contributed by atoms with Gasteiger partial charge in [0.1, 0.15) is 16.7 Å². The third-order valence-corrected chi connectivity index (χ3v) is 11.0. The van der Waals surface area contributed by atoms with Crippen LogP contribution in [0.1, 0.15) is 49.0 Å². The molecule has 0 fully saturated rings. The summed E-state index contributed by atoms with van der Waals surface area (Å²) < 4.78 is 0.622. The molecule has 2 N–H and O–H groups in total. The third kappa shape index (κ3) is 7.01. The summed E-state index contributed by atoms with van der Waals surface area (Å²) in [4.78, 5) is 62.7. The van der Waals surface area contributed by atoms with E-state index in [9.17, 15) is 19.2 Å².